The van der Waals surface area contributed by atoms with Gasteiger partial charge in [-0.05, 0) is 32.0 Å². The van der Waals surface area contributed by atoms with Crippen LogP contribution in [0.1, 0.15) is 31.2 Å². The Morgan fingerprint density at radius 2 is 1.88 bits per heavy atom. The van der Waals surface area contributed by atoms with Gasteiger partial charge in [-0.25, -0.2) is 9.48 Å². The van der Waals surface area contributed by atoms with Crippen molar-refractivity contribution in [2.24, 2.45) is 0 Å². The first-order valence-corrected chi connectivity index (χ1v) is 13.1. The predicted octanol–water partition coefficient (Wildman–Crippen LogP) is 4.34. The Labute approximate surface area is 228 Å². The number of fused-ring (bicyclic) bond motifs is 1. The number of nitro benzene ring substituents is 1. The van der Waals surface area contributed by atoms with Gasteiger partial charge in [0.1, 0.15) is 23.3 Å². The summed E-state index contributed by atoms with van der Waals surface area (Å²) in [5, 5.41) is 20.8. The molecule has 13 nitrogen and oxygen atoms in total. The third-order valence-electron chi connectivity index (χ3n) is 5.88. The summed E-state index contributed by atoms with van der Waals surface area (Å²) in [5.41, 5.74) is 0.761. The van der Waals surface area contributed by atoms with Crippen molar-refractivity contribution in [3.05, 3.63) is 88.3 Å². The van der Waals surface area contributed by atoms with Crippen LogP contribution in [0.5, 0.6) is 11.5 Å². The highest BCUT2D eigenvalue weighted by Crippen LogP contribution is 2.39. The summed E-state index contributed by atoms with van der Waals surface area (Å²) in [6.07, 6.45) is 0.581. The molecule has 0 bridgehead atoms. The van der Waals surface area contributed by atoms with Crippen LogP contribution in [-0.4, -0.2) is 46.0 Å². The molecule has 4 aromatic rings. The van der Waals surface area contributed by atoms with Crippen molar-refractivity contribution in [2.75, 3.05) is 7.11 Å². The van der Waals surface area contributed by atoms with Crippen molar-refractivity contribution in [3.63, 3.8) is 0 Å². The van der Waals surface area contributed by atoms with E-state index in [0.29, 0.717) is 22.2 Å². The average molecular weight is 569 g/mol. The molecular formula is C26H24N4O9S. The van der Waals surface area contributed by atoms with Crippen LogP contribution < -0.4 is 9.47 Å². The van der Waals surface area contributed by atoms with Gasteiger partial charge in [0.2, 0.25) is 0 Å². The summed E-state index contributed by atoms with van der Waals surface area (Å²) in [6, 6.07) is 11.9. The molecule has 0 saturated carbocycles. The standard InChI is InChI=1S/C26H24N4O9S/c1-15(2)26(31)39-16(3)20-11-23(37-4)24(12-22(20)30(32)33)38-14-17-13-29(28-27-17)21-9-5-8-19-18(21)7-6-10-25(19)40(34,35)36/h5-13,16H,1,14H2,2-4H3,(H,34,35,36). The minimum atomic E-state index is -4.45. The summed E-state index contributed by atoms with van der Waals surface area (Å²) in [6.45, 7) is 6.33. The molecule has 0 aliphatic carbocycles. The second kappa shape index (κ2) is 11.1. The van der Waals surface area contributed by atoms with E-state index in [2.05, 4.69) is 16.9 Å². The zero-order valence-electron chi connectivity index (χ0n) is 21.6. The van der Waals surface area contributed by atoms with Gasteiger partial charge in [-0.2, -0.15) is 8.42 Å². The molecule has 0 amide bonds. The highest BCUT2D eigenvalue weighted by atomic mass is 32.2. The normalized spacial score (nSPS) is 12.1. The first-order valence-electron chi connectivity index (χ1n) is 11.7. The molecule has 4 rings (SSSR count). The molecule has 1 atom stereocenters. The number of ether oxygens (including phenoxy) is 3. The Kier molecular flexibility index (Phi) is 7.84. The molecular weight excluding hydrogens is 544 g/mol. The van der Waals surface area contributed by atoms with Crippen molar-refractivity contribution in [1.82, 2.24) is 15.0 Å². The monoisotopic (exact) mass is 568 g/mol. The second-order valence-electron chi connectivity index (χ2n) is 8.69. The Morgan fingerprint density at radius 1 is 1.18 bits per heavy atom. The van der Waals surface area contributed by atoms with Crippen molar-refractivity contribution < 1.29 is 36.9 Å². The third-order valence-corrected chi connectivity index (χ3v) is 6.79. The van der Waals surface area contributed by atoms with Gasteiger partial charge in [0.15, 0.2) is 11.5 Å². The SMILES string of the molecule is C=C(C)C(=O)OC(C)c1cc(OC)c(OCc2cn(-c3cccc4c(S(=O)(=O)O)cccc34)nn2)cc1[N+](=O)[O-]. The summed E-state index contributed by atoms with van der Waals surface area (Å²) >= 11 is 0. The Hall–Kier alpha value is -4.82. The van der Waals surface area contributed by atoms with E-state index in [-0.39, 0.29) is 39.8 Å². The van der Waals surface area contributed by atoms with E-state index in [9.17, 15) is 27.9 Å². The van der Waals surface area contributed by atoms with Gasteiger partial charge < -0.3 is 14.2 Å². The molecule has 0 aliphatic rings. The maximum Gasteiger partial charge on any atom is 0.333 e. The van der Waals surface area contributed by atoms with Crippen LogP contribution >= 0.6 is 0 Å². The quantitative estimate of drug-likeness (QED) is 0.0947. The van der Waals surface area contributed by atoms with E-state index >= 15 is 0 Å². The number of nitro groups is 1. The molecule has 0 fully saturated rings. The van der Waals surface area contributed by atoms with Crippen LogP contribution in [-0.2, 0) is 26.3 Å². The van der Waals surface area contributed by atoms with E-state index in [0.717, 1.165) is 0 Å². The maximum atomic E-state index is 11.9. The van der Waals surface area contributed by atoms with Crippen LogP contribution in [0.3, 0.4) is 0 Å². The van der Waals surface area contributed by atoms with E-state index in [1.807, 2.05) is 0 Å². The lowest BCUT2D eigenvalue weighted by atomic mass is 10.1. The Balaban J connectivity index is 1.62. The van der Waals surface area contributed by atoms with Crippen molar-refractivity contribution in [1.29, 1.82) is 0 Å². The second-order valence-corrected chi connectivity index (χ2v) is 10.1. The molecule has 14 heteroatoms. The number of methoxy groups -OCH3 is 1. The van der Waals surface area contributed by atoms with Gasteiger partial charge >= 0.3 is 5.97 Å². The number of esters is 1. The number of rotatable bonds is 10. The minimum absolute atomic E-state index is 0.0499. The van der Waals surface area contributed by atoms with Gasteiger partial charge in [-0.15, -0.1) is 5.10 Å². The topological polar surface area (TPSA) is 173 Å². The highest BCUT2D eigenvalue weighted by Gasteiger charge is 2.26. The van der Waals surface area contributed by atoms with E-state index in [1.54, 1.807) is 30.5 Å². The molecule has 1 unspecified atom stereocenters. The lowest BCUT2D eigenvalue weighted by Gasteiger charge is -2.17. The number of nitrogens with zero attached hydrogens (tertiary/aromatic N) is 4. The molecule has 0 saturated heterocycles. The van der Waals surface area contributed by atoms with Crippen molar-refractivity contribution in [3.8, 4) is 17.2 Å². The Bertz CT molecular complexity index is 1750. The molecule has 3 aromatic carbocycles. The molecule has 1 heterocycles. The summed E-state index contributed by atoms with van der Waals surface area (Å²) in [5.74, 6) is -0.475. The highest BCUT2D eigenvalue weighted by molar-refractivity contribution is 7.86. The molecule has 208 valence electrons. The summed E-state index contributed by atoms with van der Waals surface area (Å²) < 4.78 is 51.0. The number of hydrogen-bond donors (Lipinski definition) is 1. The van der Waals surface area contributed by atoms with Crippen LogP contribution in [0.4, 0.5) is 5.69 Å². The van der Waals surface area contributed by atoms with Crippen LogP contribution in [0, 0.1) is 10.1 Å². The van der Waals surface area contributed by atoms with Gasteiger partial charge in [0.25, 0.3) is 15.8 Å². The van der Waals surface area contributed by atoms with Crippen LogP contribution in [0.2, 0.25) is 0 Å². The molecule has 1 N–H and O–H groups in total. The van der Waals surface area contributed by atoms with E-state index in [4.69, 9.17) is 14.2 Å². The first kappa shape index (κ1) is 28.2. The molecule has 1 aromatic heterocycles. The average Bonchev–Trinajstić information content (AvgIpc) is 3.38. The summed E-state index contributed by atoms with van der Waals surface area (Å²) in [4.78, 5) is 22.9. The fourth-order valence-corrected chi connectivity index (χ4v) is 4.68. The molecule has 0 spiro atoms. The van der Waals surface area contributed by atoms with E-state index in [1.165, 1.54) is 49.9 Å². The first-order chi connectivity index (χ1) is 18.9. The molecule has 40 heavy (non-hydrogen) atoms. The van der Waals surface area contributed by atoms with Gasteiger partial charge in [-0.1, -0.05) is 36.1 Å². The molecule has 0 radical (unpaired) electrons. The van der Waals surface area contributed by atoms with Gasteiger partial charge in [0.05, 0.1) is 35.5 Å². The van der Waals surface area contributed by atoms with Crippen LogP contribution in [0.15, 0.2) is 71.8 Å². The zero-order valence-corrected chi connectivity index (χ0v) is 22.4. The maximum absolute atomic E-state index is 11.9. The summed E-state index contributed by atoms with van der Waals surface area (Å²) in [7, 11) is -3.09. The van der Waals surface area contributed by atoms with Gasteiger partial charge in [0, 0.05) is 16.3 Å². The smallest absolute Gasteiger partial charge is 0.333 e. The lowest BCUT2D eigenvalue weighted by Crippen LogP contribution is -2.11. The Morgan fingerprint density at radius 3 is 2.52 bits per heavy atom. The predicted molar refractivity (Wildman–Crippen MR) is 142 cm³/mol. The largest absolute Gasteiger partial charge is 0.493 e. The van der Waals surface area contributed by atoms with Gasteiger partial charge in [-0.3, -0.25) is 14.7 Å². The van der Waals surface area contributed by atoms with Crippen molar-refractivity contribution >= 4 is 32.5 Å². The lowest BCUT2D eigenvalue weighted by molar-refractivity contribution is -0.386. The number of hydrogen-bond acceptors (Lipinski definition) is 10. The zero-order chi connectivity index (χ0) is 29.2. The number of carbonyl (C=O) groups is 1. The number of carbonyl (C=O) groups excluding carboxylic acids is 1. The van der Waals surface area contributed by atoms with Crippen LogP contribution in [0.25, 0.3) is 16.5 Å². The third kappa shape index (κ3) is 5.77. The fraction of sp³-hybridized carbons (Fsp3) is 0.192. The minimum Gasteiger partial charge on any atom is -0.493 e. The van der Waals surface area contributed by atoms with Crippen molar-refractivity contribution in [2.45, 2.75) is 31.5 Å². The molecule has 0 aliphatic heterocycles. The number of aromatic nitrogens is 3. The fourth-order valence-electron chi connectivity index (χ4n) is 3.97. The number of benzene rings is 3. The van der Waals surface area contributed by atoms with E-state index < -0.39 is 27.1 Å².